The molecule has 0 spiro atoms. The fourth-order valence-corrected chi connectivity index (χ4v) is 5.31. The first-order valence-electron chi connectivity index (χ1n) is 11.8. The largest absolute Gasteiger partial charge is 0.444 e. The molecule has 7 nitrogen and oxygen atoms in total. The van der Waals surface area contributed by atoms with Gasteiger partial charge in [0.25, 0.3) is 0 Å². The number of anilines is 1. The number of nitrogens with zero attached hydrogens (tertiary/aromatic N) is 1. The number of sulfone groups is 1. The third-order valence-corrected chi connectivity index (χ3v) is 7.39. The highest BCUT2D eigenvalue weighted by Gasteiger charge is 2.25. The number of aromatic amines is 1. The Balaban J connectivity index is 1.63. The average molecular weight is 484 g/mol. The summed E-state index contributed by atoms with van der Waals surface area (Å²) in [5.41, 5.74) is 2.85. The minimum absolute atomic E-state index is 0.105. The standard InChI is InChI=1S/C26H33N3O4S/c1-26(2,3)33-25(30)28-20-14-19-15-23(29-24(19)27-16-20)22(13-17-7-5-6-8-17)18-9-11-21(12-10-18)34(4,31)32/h9-12,14-17,22H,5-8,13H2,1-4H3,(H,27,29)(H,28,30). The van der Waals surface area contributed by atoms with E-state index in [9.17, 15) is 13.2 Å². The van der Waals surface area contributed by atoms with Crippen molar-refractivity contribution in [3.8, 4) is 0 Å². The lowest BCUT2D eigenvalue weighted by molar-refractivity contribution is 0.0636. The van der Waals surface area contributed by atoms with Gasteiger partial charge < -0.3 is 9.72 Å². The van der Waals surface area contributed by atoms with Crippen molar-refractivity contribution in [3.05, 3.63) is 53.9 Å². The number of ether oxygens (including phenoxy) is 1. The lowest BCUT2D eigenvalue weighted by atomic mass is 9.85. The van der Waals surface area contributed by atoms with Crippen LogP contribution in [0.5, 0.6) is 0 Å². The van der Waals surface area contributed by atoms with Crippen molar-refractivity contribution in [1.29, 1.82) is 0 Å². The zero-order valence-electron chi connectivity index (χ0n) is 20.2. The highest BCUT2D eigenvalue weighted by Crippen LogP contribution is 2.38. The summed E-state index contributed by atoms with van der Waals surface area (Å²) in [7, 11) is -3.24. The van der Waals surface area contributed by atoms with Crippen LogP contribution in [0.15, 0.2) is 47.5 Å². The van der Waals surface area contributed by atoms with Crippen LogP contribution in [0.2, 0.25) is 0 Å². The maximum Gasteiger partial charge on any atom is 0.412 e. The Morgan fingerprint density at radius 1 is 1.18 bits per heavy atom. The van der Waals surface area contributed by atoms with Crippen molar-refractivity contribution in [2.24, 2.45) is 5.92 Å². The Bertz CT molecular complexity index is 1270. The Hall–Kier alpha value is -2.87. The van der Waals surface area contributed by atoms with E-state index in [1.165, 1.54) is 31.9 Å². The number of rotatable bonds is 6. The maximum absolute atomic E-state index is 12.1. The van der Waals surface area contributed by atoms with Gasteiger partial charge in [0.15, 0.2) is 9.84 Å². The predicted molar refractivity (Wildman–Crippen MR) is 134 cm³/mol. The molecule has 182 valence electrons. The van der Waals surface area contributed by atoms with E-state index in [0.717, 1.165) is 28.7 Å². The summed E-state index contributed by atoms with van der Waals surface area (Å²) < 4.78 is 29.2. The molecule has 2 aromatic heterocycles. The fourth-order valence-electron chi connectivity index (χ4n) is 4.68. The molecule has 2 N–H and O–H groups in total. The maximum atomic E-state index is 12.1. The second-order valence-electron chi connectivity index (χ2n) is 10.3. The number of hydrogen-bond acceptors (Lipinski definition) is 5. The molecule has 1 saturated carbocycles. The topological polar surface area (TPSA) is 101 Å². The number of fused-ring (bicyclic) bond motifs is 1. The molecular formula is C26H33N3O4S. The second kappa shape index (κ2) is 9.41. The van der Waals surface area contributed by atoms with Crippen LogP contribution in [0.25, 0.3) is 11.0 Å². The molecule has 0 aliphatic heterocycles. The summed E-state index contributed by atoms with van der Waals surface area (Å²) in [4.78, 5) is 20.4. The fraction of sp³-hybridized carbons (Fsp3) is 0.462. The number of carbonyl (C=O) groups excluding carboxylic acids is 1. The quantitative estimate of drug-likeness (QED) is 0.446. The SMILES string of the molecule is CC(C)(C)OC(=O)Nc1cnc2[nH]c(C(CC3CCCC3)c3ccc(S(C)(=O)=O)cc3)cc2c1. The molecular weight excluding hydrogens is 450 g/mol. The third kappa shape index (κ3) is 5.97. The first kappa shape index (κ1) is 24.3. The van der Waals surface area contributed by atoms with E-state index in [1.807, 2.05) is 39.0 Å². The summed E-state index contributed by atoms with van der Waals surface area (Å²) in [6.45, 7) is 5.46. The lowest BCUT2D eigenvalue weighted by Gasteiger charge is -2.20. The summed E-state index contributed by atoms with van der Waals surface area (Å²) in [6, 6.07) is 11.2. The number of pyridine rings is 1. The van der Waals surface area contributed by atoms with Crippen molar-refractivity contribution in [3.63, 3.8) is 0 Å². The zero-order chi connectivity index (χ0) is 24.5. The van der Waals surface area contributed by atoms with E-state index >= 15 is 0 Å². The minimum Gasteiger partial charge on any atom is -0.444 e. The molecule has 0 bridgehead atoms. The van der Waals surface area contributed by atoms with Crippen LogP contribution in [0.1, 0.15) is 70.1 Å². The molecule has 34 heavy (non-hydrogen) atoms. The smallest absolute Gasteiger partial charge is 0.412 e. The van der Waals surface area contributed by atoms with Crippen molar-refractivity contribution >= 4 is 32.7 Å². The van der Waals surface area contributed by atoms with Gasteiger partial charge in [-0.05, 0) is 62.9 Å². The van der Waals surface area contributed by atoms with Crippen molar-refractivity contribution in [2.75, 3.05) is 11.6 Å². The van der Waals surface area contributed by atoms with Gasteiger partial charge in [0.05, 0.1) is 16.8 Å². The molecule has 0 saturated heterocycles. The van der Waals surface area contributed by atoms with E-state index < -0.39 is 21.5 Å². The number of carbonyl (C=O) groups is 1. The molecule has 1 atom stereocenters. The highest BCUT2D eigenvalue weighted by atomic mass is 32.2. The molecule has 0 radical (unpaired) electrons. The van der Waals surface area contributed by atoms with E-state index in [4.69, 9.17) is 4.74 Å². The molecule has 2 heterocycles. The molecule has 3 aromatic rings. The third-order valence-electron chi connectivity index (χ3n) is 6.27. The molecule has 4 rings (SSSR count). The van der Waals surface area contributed by atoms with Gasteiger partial charge in [0.2, 0.25) is 0 Å². The van der Waals surface area contributed by atoms with Gasteiger partial charge in [-0.2, -0.15) is 0 Å². The summed E-state index contributed by atoms with van der Waals surface area (Å²) >= 11 is 0. The number of H-pyrrole nitrogens is 1. The predicted octanol–water partition coefficient (Wildman–Crippen LogP) is 6.03. The van der Waals surface area contributed by atoms with Gasteiger partial charge in [0, 0.05) is 23.3 Å². The van der Waals surface area contributed by atoms with Crippen LogP contribution >= 0.6 is 0 Å². The van der Waals surface area contributed by atoms with Crippen molar-refractivity contribution in [1.82, 2.24) is 9.97 Å². The van der Waals surface area contributed by atoms with Crippen LogP contribution < -0.4 is 5.32 Å². The first-order chi connectivity index (χ1) is 16.0. The lowest BCUT2D eigenvalue weighted by Crippen LogP contribution is -2.27. The van der Waals surface area contributed by atoms with Gasteiger partial charge in [-0.15, -0.1) is 0 Å². The van der Waals surface area contributed by atoms with Crippen LogP contribution in [0.3, 0.4) is 0 Å². The molecule has 1 fully saturated rings. The monoisotopic (exact) mass is 483 g/mol. The van der Waals surface area contributed by atoms with Gasteiger partial charge in [-0.3, -0.25) is 5.32 Å². The van der Waals surface area contributed by atoms with Crippen LogP contribution in [0.4, 0.5) is 10.5 Å². The van der Waals surface area contributed by atoms with Crippen LogP contribution in [0, 0.1) is 5.92 Å². The number of benzene rings is 1. The molecule has 1 aliphatic carbocycles. The Morgan fingerprint density at radius 2 is 1.85 bits per heavy atom. The van der Waals surface area contributed by atoms with E-state index in [2.05, 4.69) is 21.4 Å². The molecule has 1 unspecified atom stereocenters. The van der Waals surface area contributed by atoms with Crippen LogP contribution in [-0.2, 0) is 14.6 Å². The average Bonchev–Trinajstić information content (AvgIpc) is 3.39. The molecule has 8 heteroatoms. The number of nitrogens with one attached hydrogen (secondary N) is 2. The molecule has 1 aromatic carbocycles. The molecule has 1 amide bonds. The summed E-state index contributed by atoms with van der Waals surface area (Å²) in [6.07, 6.45) is 8.28. The number of aromatic nitrogens is 2. The van der Waals surface area contributed by atoms with Gasteiger partial charge in [-0.25, -0.2) is 18.2 Å². The zero-order valence-corrected chi connectivity index (χ0v) is 21.0. The van der Waals surface area contributed by atoms with E-state index in [0.29, 0.717) is 16.5 Å². The number of amides is 1. The minimum atomic E-state index is -3.24. The van der Waals surface area contributed by atoms with Gasteiger partial charge in [-0.1, -0.05) is 37.8 Å². The van der Waals surface area contributed by atoms with E-state index in [1.54, 1.807) is 18.3 Å². The van der Waals surface area contributed by atoms with Crippen molar-refractivity contribution in [2.45, 2.75) is 69.3 Å². The normalized spacial score (nSPS) is 16.0. The van der Waals surface area contributed by atoms with Gasteiger partial charge in [0.1, 0.15) is 11.2 Å². The van der Waals surface area contributed by atoms with Crippen LogP contribution in [-0.4, -0.2) is 36.3 Å². The first-order valence-corrected chi connectivity index (χ1v) is 13.7. The van der Waals surface area contributed by atoms with E-state index in [-0.39, 0.29) is 5.92 Å². The molecule has 1 aliphatic rings. The Labute approximate surface area is 201 Å². The Kier molecular flexibility index (Phi) is 6.71. The summed E-state index contributed by atoms with van der Waals surface area (Å²) in [5, 5.41) is 3.64. The summed E-state index contributed by atoms with van der Waals surface area (Å²) in [5.74, 6) is 0.747. The highest BCUT2D eigenvalue weighted by molar-refractivity contribution is 7.90. The van der Waals surface area contributed by atoms with Gasteiger partial charge >= 0.3 is 6.09 Å². The Morgan fingerprint density at radius 3 is 2.47 bits per heavy atom. The van der Waals surface area contributed by atoms with Crippen molar-refractivity contribution < 1.29 is 17.9 Å². The second-order valence-corrected chi connectivity index (χ2v) is 12.3. The number of hydrogen-bond donors (Lipinski definition) is 2.